The highest BCUT2D eigenvalue weighted by Crippen LogP contribution is 2.31. The number of nitrogens with one attached hydrogen (secondary N) is 1. The van der Waals surface area contributed by atoms with Crippen molar-refractivity contribution in [2.75, 3.05) is 42.1 Å². The van der Waals surface area contributed by atoms with Crippen LogP contribution in [-0.2, 0) is 4.79 Å². The first-order valence-electron chi connectivity index (χ1n) is 9.41. The molecule has 0 atom stereocenters. The molecule has 4 rings (SSSR count). The van der Waals surface area contributed by atoms with Gasteiger partial charge in [-0.3, -0.25) is 14.6 Å². The molecule has 0 aliphatic carbocycles. The summed E-state index contributed by atoms with van der Waals surface area (Å²) in [5.41, 5.74) is 8.34. The number of anilines is 3. The van der Waals surface area contributed by atoms with Crippen LogP contribution in [0.5, 0.6) is 0 Å². The number of pyridine rings is 1. The summed E-state index contributed by atoms with van der Waals surface area (Å²) in [5, 5.41) is 6.80. The molecule has 1 fully saturated rings. The SMILES string of the molecule is CC(=O)N1CCN(c2c(C)cncc2NC(=O)c2c(N)nn3cc(F)cnc23)CC1. The number of halogens is 1. The molecule has 10 nitrogen and oxygen atoms in total. The summed E-state index contributed by atoms with van der Waals surface area (Å²) in [4.78, 5) is 36.6. The van der Waals surface area contributed by atoms with E-state index in [2.05, 4.69) is 25.3 Å². The minimum Gasteiger partial charge on any atom is -0.381 e. The largest absolute Gasteiger partial charge is 0.381 e. The molecule has 0 bridgehead atoms. The highest BCUT2D eigenvalue weighted by molar-refractivity contribution is 6.12. The summed E-state index contributed by atoms with van der Waals surface area (Å²) < 4.78 is 14.5. The Balaban J connectivity index is 1.63. The molecule has 0 spiro atoms. The zero-order valence-electron chi connectivity index (χ0n) is 16.6. The van der Waals surface area contributed by atoms with Gasteiger partial charge in [-0.2, -0.15) is 0 Å². The molecule has 2 amide bonds. The molecule has 3 aromatic heterocycles. The van der Waals surface area contributed by atoms with Gasteiger partial charge in [0.1, 0.15) is 5.56 Å². The predicted molar refractivity (Wildman–Crippen MR) is 109 cm³/mol. The fourth-order valence-corrected chi connectivity index (χ4v) is 3.65. The Hall–Kier alpha value is -3.76. The summed E-state index contributed by atoms with van der Waals surface area (Å²) >= 11 is 0. The molecule has 3 N–H and O–H groups in total. The third-order valence-electron chi connectivity index (χ3n) is 5.08. The third kappa shape index (κ3) is 3.49. The molecule has 1 aliphatic rings. The topological polar surface area (TPSA) is 122 Å². The summed E-state index contributed by atoms with van der Waals surface area (Å²) in [5.74, 6) is -1.12. The van der Waals surface area contributed by atoms with Crippen LogP contribution in [-0.4, -0.2) is 62.5 Å². The minimum atomic E-state index is -0.591. The van der Waals surface area contributed by atoms with Gasteiger partial charge in [0.2, 0.25) is 5.91 Å². The number of aromatic nitrogens is 4. The van der Waals surface area contributed by atoms with Crippen molar-refractivity contribution in [3.05, 3.63) is 41.7 Å². The monoisotopic (exact) mass is 412 g/mol. The summed E-state index contributed by atoms with van der Waals surface area (Å²) in [7, 11) is 0. The molecular weight excluding hydrogens is 391 g/mol. The van der Waals surface area contributed by atoms with Gasteiger partial charge in [-0.05, 0) is 12.5 Å². The van der Waals surface area contributed by atoms with Gasteiger partial charge in [-0.1, -0.05) is 0 Å². The van der Waals surface area contributed by atoms with Crippen LogP contribution in [0.25, 0.3) is 5.65 Å². The molecule has 1 aliphatic heterocycles. The zero-order chi connectivity index (χ0) is 21.4. The number of carbonyl (C=O) groups excluding carboxylic acids is 2. The second kappa shape index (κ2) is 7.58. The third-order valence-corrected chi connectivity index (χ3v) is 5.08. The van der Waals surface area contributed by atoms with Gasteiger partial charge >= 0.3 is 0 Å². The molecule has 0 aromatic carbocycles. The van der Waals surface area contributed by atoms with Gasteiger partial charge in [0, 0.05) is 39.3 Å². The van der Waals surface area contributed by atoms with E-state index in [0.29, 0.717) is 31.9 Å². The number of rotatable bonds is 3. The number of piperazine rings is 1. The number of nitrogen functional groups attached to an aromatic ring is 1. The van der Waals surface area contributed by atoms with Gasteiger partial charge in [-0.25, -0.2) is 13.9 Å². The first-order chi connectivity index (χ1) is 14.3. The van der Waals surface area contributed by atoms with Gasteiger partial charge in [0.05, 0.1) is 30.0 Å². The maximum Gasteiger partial charge on any atom is 0.263 e. The number of nitrogens with two attached hydrogens (primary N) is 1. The number of hydrogen-bond donors (Lipinski definition) is 2. The highest BCUT2D eigenvalue weighted by atomic mass is 19.1. The minimum absolute atomic E-state index is 0.0436. The summed E-state index contributed by atoms with van der Waals surface area (Å²) in [6.45, 7) is 5.92. The van der Waals surface area contributed by atoms with E-state index < -0.39 is 11.7 Å². The van der Waals surface area contributed by atoms with E-state index in [9.17, 15) is 14.0 Å². The Morgan fingerprint density at radius 1 is 1.17 bits per heavy atom. The van der Waals surface area contributed by atoms with E-state index in [4.69, 9.17) is 5.73 Å². The van der Waals surface area contributed by atoms with E-state index in [1.807, 2.05) is 6.92 Å². The van der Waals surface area contributed by atoms with Crippen molar-refractivity contribution in [2.45, 2.75) is 13.8 Å². The molecule has 30 heavy (non-hydrogen) atoms. The average Bonchev–Trinajstić information content (AvgIpc) is 3.03. The fraction of sp³-hybridized carbons (Fsp3) is 0.316. The van der Waals surface area contributed by atoms with Crippen LogP contribution in [0.2, 0.25) is 0 Å². The molecule has 11 heteroatoms. The van der Waals surface area contributed by atoms with Crippen LogP contribution in [0, 0.1) is 12.7 Å². The molecule has 3 aromatic rings. The number of amides is 2. The number of aryl methyl sites for hydroxylation is 1. The second-order valence-electron chi connectivity index (χ2n) is 7.10. The Labute approximate surface area is 171 Å². The van der Waals surface area contributed by atoms with Gasteiger partial charge < -0.3 is 20.9 Å². The van der Waals surface area contributed by atoms with Crippen LogP contribution >= 0.6 is 0 Å². The van der Waals surface area contributed by atoms with Crippen molar-refractivity contribution < 1.29 is 14.0 Å². The molecule has 156 valence electrons. The molecule has 0 radical (unpaired) electrons. The van der Waals surface area contributed by atoms with E-state index in [-0.39, 0.29) is 22.9 Å². The van der Waals surface area contributed by atoms with Crippen molar-refractivity contribution in [3.63, 3.8) is 0 Å². The predicted octanol–water partition coefficient (Wildman–Crippen LogP) is 1.07. The van der Waals surface area contributed by atoms with Crippen molar-refractivity contribution in [1.29, 1.82) is 0 Å². The lowest BCUT2D eigenvalue weighted by molar-refractivity contribution is -0.129. The van der Waals surface area contributed by atoms with Crippen LogP contribution in [0.3, 0.4) is 0 Å². The maximum absolute atomic E-state index is 13.4. The normalized spacial score (nSPS) is 14.2. The first-order valence-corrected chi connectivity index (χ1v) is 9.41. The molecular formula is C19H21FN8O2. The second-order valence-corrected chi connectivity index (χ2v) is 7.10. The van der Waals surface area contributed by atoms with E-state index in [0.717, 1.165) is 28.2 Å². The Morgan fingerprint density at radius 2 is 1.90 bits per heavy atom. The first kappa shape index (κ1) is 19.6. The molecule has 1 saturated heterocycles. The lowest BCUT2D eigenvalue weighted by Crippen LogP contribution is -2.48. The average molecular weight is 412 g/mol. The smallest absolute Gasteiger partial charge is 0.263 e. The molecule has 4 heterocycles. The van der Waals surface area contributed by atoms with Crippen molar-refractivity contribution in [1.82, 2.24) is 24.5 Å². The van der Waals surface area contributed by atoms with Crippen LogP contribution in [0.1, 0.15) is 22.8 Å². The Bertz CT molecular complexity index is 1140. The summed E-state index contributed by atoms with van der Waals surface area (Å²) in [6, 6.07) is 0. The fourth-order valence-electron chi connectivity index (χ4n) is 3.65. The van der Waals surface area contributed by atoms with E-state index >= 15 is 0 Å². The van der Waals surface area contributed by atoms with Crippen molar-refractivity contribution >= 4 is 34.7 Å². The molecule has 0 saturated carbocycles. The molecule has 0 unspecified atom stereocenters. The van der Waals surface area contributed by atoms with Crippen LogP contribution in [0.15, 0.2) is 24.8 Å². The van der Waals surface area contributed by atoms with Gasteiger partial charge in [-0.15, -0.1) is 5.10 Å². The van der Waals surface area contributed by atoms with Crippen LogP contribution in [0.4, 0.5) is 21.6 Å². The summed E-state index contributed by atoms with van der Waals surface area (Å²) in [6.07, 6.45) is 5.38. The van der Waals surface area contributed by atoms with Gasteiger partial charge in [0.15, 0.2) is 17.3 Å². The van der Waals surface area contributed by atoms with E-state index in [1.165, 1.54) is 0 Å². The lowest BCUT2D eigenvalue weighted by Gasteiger charge is -2.37. The maximum atomic E-state index is 13.4. The number of carbonyl (C=O) groups is 2. The number of fused-ring (bicyclic) bond motifs is 1. The van der Waals surface area contributed by atoms with Crippen LogP contribution < -0.4 is 16.0 Å². The van der Waals surface area contributed by atoms with Crippen molar-refractivity contribution in [3.8, 4) is 0 Å². The Kier molecular flexibility index (Phi) is 4.94. The highest BCUT2D eigenvalue weighted by Gasteiger charge is 2.25. The number of nitrogens with zero attached hydrogens (tertiary/aromatic N) is 6. The van der Waals surface area contributed by atoms with E-state index in [1.54, 1.807) is 24.2 Å². The zero-order valence-corrected chi connectivity index (χ0v) is 16.6. The van der Waals surface area contributed by atoms with Gasteiger partial charge in [0.25, 0.3) is 5.91 Å². The lowest BCUT2D eigenvalue weighted by atomic mass is 10.1. The Morgan fingerprint density at radius 3 is 2.60 bits per heavy atom. The standard InChI is InChI=1S/C19H21FN8O2/c1-11-7-22-9-14(16(11)27-5-3-26(4-6-27)12(2)29)24-19(30)15-17(21)25-28-10-13(20)8-23-18(15)28/h7-10H,3-6H2,1-2H3,(H2,21,25)(H,24,30). The number of hydrogen-bond acceptors (Lipinski definition) is 7. The van der Waals surface area contributed by atoms with Crippen molar-refractivity contribution in [2.24, 2.45) is 0 Å². The quantitative estimate of drug-likeness (QED) is 0.660.